The highest BCUT2D eigenvalue weighted by molar-refractivity contribution is 6.12. The summed E-state index contributed by atoms with van der Waals surface area (Å²) in [5.41, 5.74) is 1.44. The van der Waals surface area contributed by atoms with E-state index in [2.05, 4.69) is 12.2 Å². The first-order valence-electron chi connectivity index (χ1n) is 8.30. The molecule has 3 aromatic carbocycles. The molecule has 0 aromatic heterocycles. The van der Waals surface area contributed by atoms with Crippen molar-refractivity contribution in [2.75, 3.05) is 11.9 Å². The number of ether oxygens (including phenoxy) is 1. The number of nitrogens with one attached hydrogen (secondary N) is 1. The van der Waals surface area contributed by atoms with Crippen LogP contribution in [-0.4, -0.2) is 12.5 Å². The maximum absolute atomic E-state index is 12.6. The van der Waals surface area contributed by atoms with Gasteiger partial charge < -0.3 is 10.1 Å². The Kier molecular flexibility index (Phi) is 5.12. The fourth-order valence-electron chi connectivity index (χ4n) is 2.59. The van der Waals surface area contributed by atoms with Gasteiger partial charge in [-0.25, -0.2) is 0 Å². The second kappa shape index (κ2) is 7.64. The van der Waals surface area contributed by atoms with E-state index in [4.69, 9.17) is 4.74 Å². The molecule has 0 aliphatic rings. The molecule has 0 bridgehead atoms. The summed E-state index contributed by atoms with van der Waals surface area (Å²) < 4.78 is 5.64. The maximum Gasteiger partial charge on any atom is 0.256 e. The van der Waals surface area contributed by atoms with Crippen LogP contribution >= 0.6 is 0 Å². The molecule has 0 atom stereocenters. The van der Waals surface area contributed by atoms with Gasteiger partial charge in [-0.2, -0.15) is 0 Å². The fourth-order valence-corrected chi connectivity index (χ4v) is 2.59. The minimum atomic E-state index is -0.105. The molecule has 3 rings (SSSR count). The van der Waals surface area contributed by atoms with Crippen LogP contribution in [0.4, 0.5) is 5.69 Å². The van der Waals surface area contributed by atoms with Gasteiger partial charge in [0.2, 0.25) is 0 Å². The van der Waals surface area contributed by atoms with Crippen LogP contribution in [-0.2, 0) is 0 Å². The van der Waals surface area contributed by atoms with E-state index in [1.807, 2.05) is 66.7 Å². The second-order valence-corrected chi connectivity index (χ2v) is 5.71. The first kappa shape index (κ1) is 16.1. The number of amides is 1. The standard InChI is InChI=1S/C21H21NO2/c1-2-3-15-24-18-13-11-17(12-14-18)22-21(23)20-10-6-8-16-7-4-5-9-19(16)20/h4-14H,2-3,15H2,1H3,(H,22,23). The third-order valence-corrected chi connectivity index (χ3v) is 3.91. The highest BCUT2D eigenvalue weighted by Crippen LogP contribution is 2.21. The normalized spacial score (nSPS) is 10.5. The molecule has 24 heavy (non-hydrogen) atoms. The van der Waals surface area contributed by atoms with Crippen molar-refractivity contribution >= 4 is 22.4 Å². The van der Waals surface area contributed by atoms with Crippen LogP contribution in [0, 0.1) is 0 Å². The molecular formula is C21H21NO2. The van der Waals surface area contributed by atoms with Gasteiger partial charge in [-0.15, -0.1) is 0 Å². The number of hydrogen-bond donors (Lipinski definition) is 1. The van der Waals surface area contributed by atoms with E-state index >= 15 is 0 Å². The molecule has 3 heteroatoms. The van der Waals surface area contributed by atoms with Crippen LogP contribution in [0.15, 0.2) is 66.7 Å². The third kappa shape index (κ3) is 3.74. The molecule has 0 heterocycles. The predicted octanol–water partition coefficient (Wildman–Crippen LogP) is 5.27. The highest BCUT2D eigenvalue weighted by atomic mass is 16.5. The van der Waals surface area contributed by atoms with Crippen LogP contribution in [0.5, 0.6) is 5.75 Å². The van der Waals surface area contributed by atoms with E-state index in [0.29, 0.717) is 5.56 Å². The number of benzene rings is 3. The molecule has 0 saturated carbocycles. The van der Waals surface area contributed by atoms with E-state index in [1.54, 1.807) is 0 Å². The van der Waals surface area contributed by atoms with Crippen molar-refractivity contribution in [3.05, 3.63) is 72.3 Å². The minimum Gasteiger partial charge on any atom is -0.494 e. The van der Waals surface area contributed by atoms with Gasteiger partial charge in [0.1, 0.15) is 5.75 Å². The number of carbonyl (C=O) groups is 1. The van der Waals surface area contributed by atoms with E-state index < -0.39 is 0 Å². The zero-order valence-electron chi connectivity index (χ0n) is 13.8. The summed E-state index contributed by atoms with van der Waals surface area (Å²) in [6, 6.07) is 21.2. The van der Waals surface area contributed by atoms with Crippen LogP contribution < -0.4 is 10.1 Å². The number of rotatable bonds is 6. The van der Waals surface area contributed by atoms with Crippen molar-refractivity contribution < 1.29 is 9.53 Å². The lowest BCUT2D eigenvalue weighted by Gasteiger charge is -2.09. The van der Waals surface area contributed by atoms with E-state index in [0.717, 1.165) is 41.7 Å². The number of anilines is 1. The van der Waals surface area contributed by atoms with Gasteiger partial charge in [0.05, 0.1) is 6.61 Å². The molecule has 1 N–H and O–H groups in total. The third-order valence-electron chi connectivity index (χ3n) is 3.91. The molecule has 0 radical (unpaired) electrons. The van der Waals surface area contributed by atoms with Crippen LogP contribution in [0.1, 0.15) is 30.1 Å². The molecule has 0 saturated heterocycles. The van der Waals surface area contributed by atoms with Crippen molar-refractivity contribution in [2.45, 2.75) is 19.8 Å². The quantitative estimate of drug-likeness (QED) is 0.628. The largest absolute Gasteiger partial charge is 0.494 e. The average molecular weight is 319 g/mol. The Morgan fingerprint density at radius 2 is 1.71 bits per heavy atom. The molecule has 0 aliphatic heterocycles. The van der Waals surface area contributed by atoms with E-state index in [9.17, 15) is 4.79 Å². The molecule has 3 nitrogen and oxygen atoms in total. The molecule has 3 aromatic rings. The zero-order chi connectivity index (χ0) is 16.8. The molecule has 0 fully saturated rings. The molecule has 0 spiro atoms. The zero-order valence-corrected chi connectivity index (χ0v) is 13.8. The van der Waals surface area contributed by atoms with Gasteiger partial charge in [0.25, 0.3) is 5.91 Å². The van der Waals surface area contributed by atoms with Crippen molar-refractivity contribution in [3.63, 3.8) is 0 Å². The fraction of sp³-hybridized carbons (Fsp3) is 0.190. The lowest BCUT2D eigenvalue weighted by molar-refractivity contribution is 0.102. The first-order chi connectivity index (χ1) is 11.8. The lowest BCUT2D eigenvalue weighted by atomic mass is 10.0. The SMILES string of the molecule is CCCCOc1ccc(NC(=O)c2cccc3ccccc23)cc1. The van der Waals surface area contributed by atoms with E-state index in [1.165, 1.54) is 0 Å². The number of fused-ring (bicyclic) bond motifs is 1. The maximum atomic E-state index is 12.6. The summed E-state index contributed by atoms with van der Waals surface area (Å²) in [4.78, 5) is 12.6. The Bertz CT molecular complexity index is 819. The average Bonchev–Trinajstić information content (AvgIpc) is 2.63. The van der Waals surface area contributed by atoms with Crippen LogP contribution in [0.25, 0.3) is 10.8 Å². The van der Waals surface area contributed by atoms with Crippen molar-refractivity contribution in [1.82, 2.24) is 0 Å². The highest BCUT2D eigenvalue weighted by Gasteiger charge is 2.09. The van der Waals surface area contributed by atoms with Crippen LogP contribution in [0.2, 0.25) is 0 Å². The van der Waals surface area contributed by atoms with Crippen molar-refractivity contribution in [3.8, 4) is 5.75 Å². The molecule has 1 amide bonds. The summed E-state index contributed by atoms with van der Waals surface area (Å²) in [6.45, 7) is 2.85. The van der Waals surface area contributed by atoms with E-state index in [-0.39, 0.29) is 5.91 Å². The second-order valence-electron chi connectivity index (χ2n) is 5.71. The summed E-state index contributed by atoms with van der Waals surface area (Å²) in [5, 5.41) is 4.97. The smallest absolute Gasteiger partial charge is 0.256 e. The Morgan fingerprint density at radius 1 is 0.958 bits per heavy atom. The van der Waals surface area contributed by atoms with Crippen molar-refractivity contribution in [1.29, 1.82) is 0 Å². The summed E-state index contributed by atoms with van der Waals surface area (Å²) in [6.07, 6.45) is 2.15. The van der Waals surface area contributed by atoms with Crippen molar-refractivity contribution in [2.24, 2.45) is 0 Å². The van der Waals surface area contributed by atoms with Gasteiger partial charge in [-0.05, 0) is 47.5 Å². The Labute approximate surface area is 142 Å². The Hall–Kier alpha value is -2.81. The first-order valence-corrected chi connectivity index (χ1v) is 8.30. The number of unbranched alkanes of at least 4 members (excludes halogenated alkanes) is 1. The van der Waals surface area contributed by atoms with Gasteiger partial charge in [-0.3, -0.25) is 4.79 Å². The van der Waals surface area contributed by atoms with Gasteiger partial charge in [0.15, 0.2) is 0 Å². The van der Waals surface area contributed by atoms with Gasteiger partial charge >= 0.3 is 0 Å². The molecule has 0 unspecified atom stereocenters. The number of hydrogen-bond acceptors (Lipinski definition) is 2. The van der Waals surface area contributed by atoms with Crippen LogP contribution in [0.3, 0.4) is 0 Å². The molecular weight excluding hydrogens is 298 g/mol. The summed E-state index contributed by atoms with van der Waals surface area (Å²) >= 11 is 0. The Balaban J connectivity index is 1.72. The summed E-state index contributed by atoms with van der Waals surface area (Å²) in [5.74, 6) is 0.720. The monoisotopic (exact) mass is 319 g/mol. The molecule has 0 aliphatic carbocycles. The van der Waals surface area contributed by atoms with Gasteiger partial charge in [0, 0.05) is 11.3 Å². The summed E-state index contributed by atoms with van der Waals surface area (Å²) in [7, 11) is 0. The Morgan fingerprint density at radius 3 is 2.50 bits per heavy atom. The predicted molar refractivity (Wildman–Crippen MR) is 98.7 cm³/mol. The lowest BCUT2D eigenvalue weighted by Crippen LogP contribution is -2.12. The molecule has 122 valence electrons. The topological polar surface area (TPSA) is 38.3 Å². The minimum absolute atomic E-state index is 0.105. The number of carbonyl (C=O) groups excluding carboxylic acids is 1. The van der Waals surface area contributed by atoms with Gasteiger partial charge in [-0.1, -0.05) is 49.7 Å².